The van der Waals surface area contributed by atoms with Crippen LogP contribution in [-0.2, 0) is 13.2 Å². The Morgan fingerprint density at radius 3 is 2.68 bits per heavy atom. The molecule has 2 aromatic carbocycles. The van der Waals surface area contributed by atoms with E-state index in [1.54, 1.807) is 37.4 Å². The molecule has 100 valence electrons. The van der Waals surface area contributed by atoms with Gasteiger partial charge in [0, 0.05) is 11.6 Å². The standard InChI is InChI=1S/C15H15FO3/c1-18-15-6-5-11(9-17)7-12(15)10-19-14-4-2-3-13(16)8-14/h2-8,17H,9-10H2,1H3. The van der Waals surface area contributed by atoms with Crippen LogP contribution in [0.5, 0.6) is 11.5 Å². The third-order valence-electron chi connectivity index (χ3n) is 2.72. The normalized spacial score (nSPS) is 10.3. The van der Waals surface area contributed by atoms with Crippen LogP contribution in [0.4, 0.5) is 4.39 Å². The number of halogens is 1. The van der Waals surface area contributed by atoms with E-state index in [2.05, 4.69) is 0 Å². The van der Waals surface area contributed by atoms with Crippen molar-refractivity contribution >= 4 is 0 Å². The summed E-state index contributed by atoms with van der Waals surface area (Å²) in [5.74, 6) is 0.790. The molecule has 19 heavy (non-hydrogen) atoms. The Balaban J connectivity index is 2.14. The van der Waals surface area contributed by atoms with Crippen molar-refractivity contribution in [2.45, 2.75) is 13.2 Å². The Morgan fingerprint density at radius 1 is 1.16 bits per heavy atom. The first-order valence-electron chi connectivity index (χ1n) is 5.88. The first kappa shape index (κ1) is 13.4. The van der Waals surface area contributed by atoms with Crippen LogP contribution in [0.1, 0.15) is 11.1 Å². The highest BCUT2D eigenvalue weighted by Crippen LogP contribution is 2.22. The minimum Gasteiger partial charge on any atom is -0.496 e. The molecule has 0 saturated carbocycles. The van der Waals surface area contributed by atoms with Crippen LogP contribution < -0.4 is 9.47 Å². The molecule has 0 atom stereocenters. The maximum Gasteiger partial charge on any atom is 0.126 e. The van der Waals surface area contributed by atoms with E-state index in [4.69, 9.17) is 14.6 Å². The summed E-state index contributed by atoms with van der Waals surface area (Å²) in [6.45, 7) is 0.206. The molecule has 3 nitrogen and oxygen atoms in total. The number of aliphatic hydroxyl groups is 1. The molecule has 2 aromatic rings. The van der Waals surface area contributed by atoms with Crippen molar-refractivity contribution in [1.82, 2.24) is 0 Å². The van der Waals surface area contributed by atoms with Crippen LogP contribution in [0.2, 0.25) is 0 Å². The van der Waals surface area contributed by atoms with Crippen LogP contribution in [0, 0.1) is 5.82 Å². The minimum atomic E-state index is -0.339. The number of rotatable bonds is 5. The summed E-state index contributed by atoms with van der Waals surface area (Å²) in [7, 11) is 1.57. The molecule has 0 amide bonds. The highest BCUT2D eigenvalue weighted by molar-refractivity contribution is 5.37. The number of hydrogen-bond acceptors (Lipinski definition) is 3. The highest BCUT2D eigenvalue weighted by Gasteiger charge is 2.06. The first-order chi connectivity index (χ1) is 9.22. The zero-order chi connectivity index (χ0) is 13.7. The summed E-state index contributed by atoms with van der Waals surface area (Å²) >= 11 is 0. The Labute approximate surface area is 111 Å². The second-order valence-corrected chi connectivity index (χ2v) is 4.05. The molecule has 0 unspecified atom stereocenters. The van der Waals surface area contributed by atoms with Crippen LogP contribution in [0.3, 0.4) is 0 Å². The van der Waals surface area contributed by atoms with Gasteiger partial charge < -0.3 is 14.6 Å². The molecule has 4 heteroatoms. The van der Waals surface area contributed by atoms with Crippen molar-refractivity contribution < 1.29 is 19.0 Å². The summed E-state index contributed by atoms with van der Waals surface area (Å²) in [6, 6.07) is 11.3. The Bertz CT molecular complexity index is 555. The molecule has 0 bridgehead atoms. The Hall–Kier alpha value is -2.07. The molecule has 0 aliphatic rings. The lowest BCUT2D eigenvalue weighted by atomic mass is 10.1. The number of hydrogen-bond donors (Lipinski definition) is 1. The molecule has 2 rings (SSSR count). The first-order valence-corrected chi connectivity index (χ1v) is 5.88. The quantitative estimate of drug-likeness (QED) is 0.900. The Kier molecular flexibility index (Phi) is 4.36. The fourth-order valence-electron chi connectivity index (χ4n) is 1.76. The van der Waals surface area contributed by atoms with Gasteiger partial charge in [-0.15, -0.1) is 0 Å². The van der Waals surface area contributed by atoms with E-state index < -0.39 is 0 Å². The summed E-state index contributed by atoms with van der Waals surface area (Å²) < 4.78 is 23.8. The van der Waals surface area contributed by atoms with Gasteiger partial charge in [0.25, 0.3) is 0 Å². The molecule has 1 N–H and O–H groups in total. The van der Waals surface area contributed by atoms with Crippen molar-refractivity contribution in [2.24, 2.45) is 0 Å². The average molecular weight is 262 g/mol. The summed E-state index contributed by atoms with van der Waals surface area (Å²) in [5, 5.41) is 9.12. The van der Waals surface area contributed by atoms with E-state index in [0.717, 1.165) is 11.1 Å². The van der Waals surface area contributed by atoms with Crippen LogP contribution in [0.15, 0.2) is 42.5 Å². The Morgan fingerprint density at radius 2 is 2.00 bits per heavy atom. The van der Waals surface area contributed by atoms with E-state index in [9.17, 15) is 4.39 Å². The lowest BCUT2D eigenvalue weighted by Gasteiger charge is -2.11. The average Bonchev–Trinajstić information content (AvgIpc) is 2.45. The van der Waals surface area contributed by atoms with Crippen LogP contribution in [0.25, 0.3) is 0 Å². The molecule has 0 saturated heterocycles. The zero-order valence-electron chi connectivity index (χ0n) is 10.6. The van der Waals surface area contributed by atoms with E-state index >= 15 is 0 Å². The van der Waals surface area contributed by atoms with Gasteiger partial charge in [0.05, 0.1) is 13.7 Å². The molecule has 0 spiro atoms. The smallest absolute Gasteiger partial charge is 0.126 e. The van der Waals surface area contributed by atoms with Crippen molar-refractivity contribution in [3.8, 4) is 11.5 Å². The van der Waals surface area contributed by atoms with Gasteiger partial charge in [-0.2, -0.15) is 0 Å². The molecule has 0 radical (unpaired) electrons. The monoisotopic (exact) mass is 262 g/mol. The van der Waals surface area contributed by atoms with Gasteiger partial charge in [-0.3, -0.25) is 0 Å². The molecule has 0 aliphatic carbocycles. The molecule has 0 aromatic heterocycles. The number of methoxy groups -OCH3 is 1. The minimum absolute atomic E-state index is 0.0447. The molecular weight excluding hydrogens is 247 g/mol. The predicted molar refractivity (Wildman–Crippen MR) is 69.6 cm³/mol. The number of benzene rings is 2. The van der Waals surface area contributed by atoms with Crippen LogP contribution in [-0.4, -0.2) is 12.2 Å². The molecule has 0 heterocycles. The van der Waals surface area contributed by atoms with Gasteiger partial charge in [0.2, 0.25) is 0 Å². The van der Waals surface area contributed by atoms with Crippen molar-refractivity contribution in [3.63, 3.8) is 0 Å². The lowest BCUT2D eigenvalue weighted by Crippen LogP contribution is -2.00. The summed E-state index contributed by atoms with van der Waals surface area (Å²) in [5.41, 5.74) is 1.58. The maximum absolute atomic E-state index is 13.0. The van der Waals surface area contributed by atoms with Gasteiger partial charge in [-0.05, 0) is 29.8 Å². The zero-order valence-corrected chi connectivity index (χ0v) is 10.6. The fraction of sp³-hybridized carbons (Fsp3) is 0.200. The molecule has 0 fully saturated rings. The summed E-state index contributed by atoms with van der Waals surface area (Å²) in [6.07, 6.45) is 0. The fourth-order valence-corrected chi connectivity index (χ4v) is 1.76. The lowest BCUT2D eigenvalue weighted by molar-refractivity contribution is 0.278. The predicted octanol–water partition coefficient (Wildman–Crippen LogP) is 2.91. The molecule has 0 aliphatic heterocycles. The molecular formula is C15H15FO3. The van der Waals surface area contributed by atoms with E-state index in [0.29, 0.717) is 11.5 Å². The van der Waals surface area contributed by atoms with Crippen LogP contribution >= 0.6 is 0 Å². The van der Waals surface area contributed by atoms with Gasteiger partial charge >= 0.3 is 0 Å². The number of aliphatic hydroxyl groups excluding tert-OH is 1. The van der Waals surface area contributed by atoms with Gasteiger partial charge in [-0.25, -0.2) is 4.39 Å². The highest BCUT2D eigenvalue weighted by atomic mass is 19.1. The number of ether oxygens (including phenoxy) is 2. The van der Waals surface area contributed by atoms with Crippen molar-refractivity contribution in [3.05, 3.63) is 59.4 Å². The van der Waals surface area contributed by atoms with E-state index in [-0.39, 0.29) is 19.0 Å². The SMILES string of the molecule is COc1ccc(CO)cc1COc1cccc(F)c1. The van der Waals surface area contributed by atoms with E-state index in [1.165, 1.54) is 12.1 Å². The van der Waals surface area contributed by atoms with Crippen molar-refractivity contribution in [2.75, 3.05) is 7.11 Å². The second kappa shape index (κ2) is 6.20. The largest absolute Gasteiger partial charge is 0.496 e. The third kappa shape index (κ3) is 3.45. The van der Waals surface area contributed by atoms with E-state index in [1.807, 2.05) is 0 Å². The maximum atomic E-state index is 13.0. The second-order valence-electron chi connectivity index (χ2n) is 4.05. The van der Waals surface area contributed by atoms with Gasteiger partial charge in [0.1, 0.15) is 23.9 Å². The van der Waals surface area contributed by atoms with Gasteiger partial charge in [-0.1, -0.05) is 12.1 Å². The summed E-state index contributed by atoms with van der Waals surface area (Å²) in [4.78, 5) is 0. The third-order valence-corrected chi connectivity index (χ3v) is 2.72. The van der Waals surface area contributed by atoms with Gasteiger partial charge in [0.15, 0.2) is 0 Å². The topological polar surface area (TPSA) is 38.7 Å². The van der Waals surface area contributed by atoms with Crippen molar-refractivity contribution in [1.29, 1.82) is 0 Å².